The number of methoxy groups -OCH3 is 2. The number of hydrogen-bond donors (Lipinski definition) is 1. The lowest BCUT2D eigenvalue weighted by molar-refractivity contribution is 0.392. The minimum atomic E-state index is -4.00. The number of hydrogen-bond acceptors (Lipinski definition) is 6. The number of ether oxygens (including phenoxy) is 2. The van der Waals surface area contributed by atoms with Gasteiger partial charge in [0.05, 0.1) is 31.3 Å². The summed E-state index contributed by atoms with van der Waals surface area (Å²) in [6, 6.07) is 9.47. The number of benzene rings is 2. The molecule has 0 aromatic heterocycles. The van der Waals surface area contributed by atoms with Crippen molar-refractivity contribution in [1.29, 1.82) is 0 Å². The van der Waals surface area contributed by atoms with Crippen molar-refractivity contribution in [3.8, 4) is 11.5 Å². The molecule has 1 aliphatic heterocycles. The monoisotopic (exact) mass is 454 g/mol. The molecule has 0 radical (unpaired) electrons. The molecule has 0 saturated carbocycles. The summed E-state index contributed by atoms with van der Waals surface area (Å²) in [5.74, 6) is 0.593. The van der Waals surface area contributed by atoms with E-state index in [-0.39, 0.29) is 22.1 Å². The van der Waals surface area contributed by atoms with Gasteiger partial charge in [0.25, 0.3) is 10.0 Å². The Morgan fingerprint density at radius 1 is 1.03 bits per heavy atom. The molecule has 0 saturated heterocycles. The van der Waals surface area contributed by atoms with Crippen molar-refractivity contribution >= 4 is 31.4 Å². The Bertz CT molecular complexity index is 1130. The average molecular weight is 455 g/mol. The van der Waals surface area contributed by atoms with Crippen LogP contribution in [-0.2, 0) is 26.5 Å². The Labute approximate surface area is 177 Å². The first-order valence-corrected chi connectivity index (χ1v) is 12.7. The maximum atomic E-state index is 13.0. The van der Waals surface area contributed by atoms with E-state index >= 15 is 0 Å². The Morgan fingerprint density at radius 2 is 1.80 bits per heavy atom. The van der Waals surface area contributed by atoms with Crippen molar-refractivity contribution in [2.45, 2.75) is 31.1 Å². The van der Waals surface area contributed by atoms with E-state index < -0.39 is 20.0 Å². The van der Waals surface area contributed by atoms with Crippen LogP contribution in [0.4, 0.5) is 11.4 Å². The lowest BCUT2D eigenvalue weighted by atomic mass is 10.0. The van der Waals surface area contributed by atoms with E-state index in [4.69, 9.17) is 9.47 Å². The van der Waals surface area contributed by atoms with Crippen molar-refractivity contribution in [2.75, 3.05) is 35.5 Å². The molecule has 3 rings (SSSR count). The summed E-state index contributed by atoms with van der Waals surface area (Å²) in [6.45, 7) is 2.20. The summed E-state index contributed by atoms with van der Waals surface area (Å²) in [4.78, 5) is -0.0717. The van der Waals surface area contributed by atoms with Gasteiger partial charge in [0.15, 0.2) is 0 Å². The standard InChI is InChI=1S/C20H26N2O6S2/c1-4-12-29(23,24)22-11-5-6-15-7-8-16(13-18(15)22)21-30(25,26)20-14-17(27-2)9-10-19(20)28-3/h7-10,13-14,21H,4-6,11-12H2,1-3H3. The molecule has 0 spiro atoms. The normalized spacial score (nSPS) is 14.2. The SMILES string of the molecule is CCCS(=O)(=O)N1CCCc2ccc(NS(=O)(=O)c3cc(OC)ccc3OC)cc21. The van der Waals surface area contributed by atoms with E-state index in [1.807, 2.05) is 6.92 Å². The first-order chi connectivity index (χ1) is 14.2. The number of nitrogens with one attached hydrogen (secondary N) is 1. The summed E-state index contributed by atoms with van der Waals surface area (Å²) < 4.78 is 65.6. The Hall–Kier alpha value is -2.46. The largest absolute Gasteiger partial charge is 0.497 e. The van der Waals surface area contributed by atoms with Gasteiger partial charge in [-0.2, -0.15) is 0 Å². The zero-order valence-corrected chi connectivity index (χ0v) is 18.8. The highest BCUT2D eigenvalue weighted by Crippen LogP contribution is 2.34. The van der Waals surface area contributed by atoms with Crippen molar-refractivity contribution in [2.24, 2.45) is 0 Å². The van der Waals surface area contributed by atoms with Gasteiger partial charge in [-0.3, -0.25) is 9.03 Å². The topological polar surface area (TPSA) is 102 Å². The molecule has 2 aromatic carbocycles. The van der Waals surface area contributed by atoms with E-state index in [0.29, 0.717) is 24.4 Å². The van der Waals surface area contributed by atoms with Gasteiger partial charge >= 0.3 is 0 Å². The summed E-state index contributed by atoms with van der Waals surface area (Å²) in [5, 5.41) is 0. The highest BCUT2D eigenvalue weighted by molar-refractivity contribution is 7.93. The van der Waals surface area contributed by atoms with E-state index in [1.165, 1.54) is 30.7 Å². The molecule has 0 aliphatic carbocycles. The molecule has 0 unspecified atom stereocenters. The van der Waals surface area contributed by atoms with Crippen molar-refractivity contribution in [3.05, 3.63) is 42.0 Å². The second-order valence-electron chi connectivity index (χ2n) is 6.96. The van der Waals surface area contributed by atoms with E-state index in [0.717, 1.165) is 18.4 Å². The molecule has 30 heavy (non-hydrogen) atoms. The smallest absolute Gasteiger partial charge is 0.265 e. The summed E-state index contributed by atoms with van der Waals surface area (Å²) >= 11 is 0. The molecule has 8 nitrogen and oxygen atoms in total. The molecule has 10 heteroatoms. The molecule has 1 N–H and O–H groups in total. The maximum Gasteiger partial charge on any atom is 0.265 e. The summed E-state index contributed by atoms with van der Waals surface area (Å²) in [7, 11) is -4.63. The summed E-state index contributed by atoms with van der Waals surface area (Å²) in [6.07, 6.45) is 1.97. The predicted molar refractivity (Wildman–Crippen MR) is 117 cm³/mol. The Morgan fingerprint density at radius 3 is 2.47 bits per heavy atom. The van der Waals surface area contributed by atoms with Crippen LogP contribution in [0.5, 0.6) is 11.5 Å². The number of sulfonamides is 2. The number of anilines is 2. The van der Waals surface area contributed by atoms with Crippen LogP contribution in [0, 0.1) is 0 Å². The van der Waals surface area contributed by atoms with E-state index in [2.05, 4.69) is 4.72 Å². The highest BCUT2D eigenvalue weighted by atomic mass is 32.2. The third kappa shape index (κ3) is 4.49. The van der Waals surface area contributed by atoms with Crippen LogP contribution in [0.3, 0.4) is 0 Å². The highest BCUT2D eigenvalue weighted by Gasteiger charge is 2.28. The van der Waals surface area contributed by atoms with Crippen LogP contribution < -0.4 is 18.5 Å². The molecular formula is C20H26N2O6S2. The molecule has 2 aromatic rings. The maximum absolute atomic E-state index is 13.0. The van der Waals surface area contributed by atoms with Crippen molar-refractivity contribution in [3.63, 3.8) is 0 Å². The number of fused-ring (bicyclic) bond motifs is 1. The fraction of sp³-hybridized carbons (Fsp3) is 0.400. The minimum absolute atomic E-state index is 0.0450. The fourth-order valence-corrected chi connectivity index (χ4v) is 6.31. The van der Waals surface area contributed by atoms with Gasteiger partial charge < -0.3 is 9.47 Å². The van der Waals surface area contributed by atoms with E-state index in [1.54, 1.807) is 24.3 Å². The Balaban J connectivity index is 1.99. The molecular weight excluding hydrogens is 428 g/mol. The van der Waals surface area contributed by atoms with Gasteiger partial charge in [-0.25, -0.2) is 16.8 Å². The molecule has 1 aliphatic rings. The molecule has 0 fully saturated rings. The van der Waals surface area contributed by atoms with Crippen LogP contribution >= 0.6 is 0 Å². The van der Waals surface area contributed by atoms with Gasteiger partial charge in [0.2, 0.25) is 10.0 Å². The van der Waals surface area contributed by atoms with Gasteiger partial charge in [0.1, 0.15) is 16.4 Å². The molecule has 1 heterocycles. The fourth-order valence-electron chi connectivity index (χ4n) is 3.47. The van der Waals surface area contributed by atoms with Gasteiger partial charge in [-0.05, 0) is 49.1 Å². The number of rotatable bonds is 8. The van der Waals surface area contributed by atoms with Crippen molar-refractivity contribution in [1.82, 2.24) is 0 Å². The molecule has 164 valence electrons. The average Bonchev–Trinajstić information content (AvgIpc) is 2.72. The first-order valence-electron chi connectivity index (χ1n) is 9.60. The number of aryl methyl sites for hydroxylation is 1. The minimum Gasteiger partial charge on any atom is -0.497 e. The first kappa shape index (κ1) is 22.2. The van der Waals surface area contributed by atoms with Gasteiger partial charge in [-0.15, -0.1) is 0 Å². The van der Waals surface area contributed by atoms with Crippen molar-refractivity contribution < 1.29 is 26.3 Å². The van der Waals surface area contributed by atoms with Crippen LogP contribution in [0.25, 0.3) is 0 Å². The molecule has 0 amide bonds. The third-order valence-electron chi connectivity index (χ3n) is 4.87. The van der Waals surface area contributed by atoms with Gasteiger partial charge in [-0.1, -0.05) is 13.0 Å². The van der Waals surface area contributed by atoms with Gasteiger partial charge in [0, 0.05) is 12.6 Å². The quantitative estimate of drug-likeness (QED) is 0.658. The second-order valence-corrected chi connectivity index (χ2v) is 10.6. The van der Waals surface area contributed by atoms with Crippen LogP contribution in [-0.4, -0.2) is 43.4 Å². The molecule has 0 atom stereocenters. The van der Waals surface area contributed by atoms with Crippen LogP contribution in [0.1, 0.15) is 25.3 Å². The zero-order chi connectivity index (χ0) is 21.9. The number of nitrogens with zero attached hydrogens (tertiary/aromatic N) is 1. The molecule has 0 bridgehead atoms. The zero-order valence-electron chi connectivity index (χ0n) is 17.2. The lowest BCUT2D eigenvalue weighted by Gasteiger charge is -2.31. The van der Waals surface area contributed by atoms with Crippen LogP contribution in [0.15, 0.2) is 41.3 Å². The Kier molecular flexibility index (Phi) is 6.47. The third-order valence-corrected chi connectivity index (χ3v) is 8.25. The van der Waals surface area contributed by atoms with E-state index in [9.17, 15) is 16.8 Å². The lowest BCUT2D eigenvalue weighted by Crippen LogP contribution is -2.37. The predicted octanol–water partition coefficient (Wildman–Crippen LogP) is 3.00. The second kappa shape index (κ2) is 8.73. The summed E-state index contributed by atoms with van der Waals surface area (Å²) in [5.41, 5.74) is 1.67. The van der Waals surface area contributed by atoms with Crippen LogP contribution in [0.2, 0.25) is 0 Å².